The van der Waals surface area contributed by atoms with Gasteiger partial charge in [0.25, 0.3) is 0 Å². The van der Waals surface area contributed by atoms with E-state index in [4.69, 9.17) is 5.73 Å². The zero-order chi connectivity index (χ0) is 14.5. The smallest absolute Gasteiger partial charge is 0.240 e. The molecule has 1 aliphatic heterocycles. The van der Waals surface area contributed by atoms with Gasteiger partial charge in [-0.3, -0.25) is 9.69 Å². The molecule has 1 fully saturated rings. The fourth-order valence-corrected chi connectivity index (χ4v) is 3.37. The molecule has 0 radical (unpaired) electrons. The molecule has 2 atom stereocenters. The molecule has 2 N–H and O–H groups in total. The van der Waals surface area contributed by atoms with Crippen LogP contribution in [0.2, 0.25) is 0 Å². The number of hydrogen-bond acceptors (Lipinski definition) is 3. The van der Waals surface area contributed by atoms with Crippen LogP contribution >= 0.6 is 0 Å². The van der Waals surface area contributed by atoms with Crippen molar-refractivity contribution in [2.75, 3.05) is 26.2 Å². The van der Waals surface area contributed by atoms with Crippen molar-refractivity contribution in [1.29, 1.82) is 0 Å². The zero-order valence-electron chi connectivity index (χ0n) is 13.0. The molecule has 2 rings (SSSR count). The molecule has 0 aromatic heterocycles. The Hall–Kier alpha value is -0.870. The van der Waals surface area contributed by atoms with Crippen LogP contribution in [0.25, 0.3) is 0 Å². The summed E-state index contributed by atoms with van der Waals surface area (Å²) < 4.78 is 0. The van der Waals surface area contributed by atoms with Gasteiger partial charge in [0.2, 0.25) is 5.91 Å². The number of nitrogens with two attached hydrogens (primary N) is 1. The highest BCUT2D eigenvalue weighted by atomic mass is 16.2. The maximum Gasteiger partial charge on any atom is 0.240 e. The van der Waals surface area contributed by atoms with Crippen LogP contribution in [0.3, 0.4) is 0 Å². The molecule has 2 aliphatic rings. The van der Waals surface area contributed by atoms with Crippen LogP contribution < -0.4 is 5.73 Å². The number of rotatable bonds is 5. The summed E-state index contributed by atoms with van der Waals surface area (Å²) in [4.78, 5) is 16.9. The highest BCUT2D eigenvalue weighted by molar-refractivity contribution is 5.80. The predicted octanol–water partition coefficient (Wildman–Crippen LogP) is 1.96. The number of likely N-dealkylation sites (tertiary alicyclic amines) is 1. The van der Waals surface area contributed by atoms with E-state index in [1.807, 2.05) is 4.90 Å². The molecule has 0 bridgehead atoms. The lowest BCUT2D eigenvalue weighted by atomic mass is 9.93. The third-order valence-corrected chi connectivity index (χ3v) is 4.76. The van der Waals surface area contributed by atoms with Crippen molar-refractivity contribution in [2.45, 2.75) is 52.0 Å². The maximum atomic E-state index is 12.6. The summed E-state index contributed by atoms with van der Waals surface area (Å²) in [6.45, 7) is 7.33. The van der Waals surface area contributed by atoms with Gasteiger partial charge in [0, 0.05) is 24.8 Å². The molecule has 114 valence electrons. The van der Waals surface area contributed by atoms with Gasteiger partial charge in [0.15, 0.2) is 0 Å². The topological polar surface area (TPSA) is 49.6 Å². The summed E-state index contributed by atoms with van der Waals surface area (Å²) in [5.41, 5.74) is 7.03. The minimum Gasteiger partial charge on any atom is -0.330 e. The summed E-state index contributed by atoms with van der Waals surface area (Å²) >= 11 is 0. The Labute approximate surface area is 123 Å². The Morgan fingerprint density at radius 2 is 2.30 bits per heavy atom. The second-order valence-corrected chi connectivity index (χ2v) is 6.18. The van der Waals surface area contributed by atoms with Gasteiger partial charge in [-0.1, -0.05) is 6.08 Å². The molecule has 1 heterocycles. The van der Waals surface area contributed by atoms with E-state index < -0.39 is 0 Å². The number of carbonyl (C=O) groups excluding carboxylic acids is 1. The number of carbonyl (C=O) groups is 1. The summed E-state index contributed by atoms with van der Waals surface area (Å²) in [6, 6.07) is 0.498. The van der Waals surface area contributed by atoms with Crippen LogP contribution in [-0.4, -0.2) is 47.9 Å². The Bertz CT molecular complexity index is 367. The number of allylic oxidation sites excluding steroid dienone is 2. The second-order valence-electron chi connectivity index (χ2n) is 6.18. The summed E-state index contributed by atoms with van der Waals surface area (Å²) in [5.74, 6) is 0.810. The molecular formula is C16H29N3O. The molecule has 0 saturated carbocycles. The van der Waals surface area contributed by atoms with Crippen molar-refractivity contribution in [3.8, 4) is 0 Å². The lowest BCUT2D eigenvalue weighted by Crippen LogP contribution is -2.48. The monoisotopic (exact) mass is 279 g/mol. The Morgan fingerprint density at radius 3 is 2.90 bits per heavy atom. The number of hydrogen-bond donors (Lipinski definition) is 1. The van der Waals surface area contributed by atoms with Gasteiger partial charge in [0.05, 0.1) is 6.54 Å². The number of nitrogens with zero attached hydrogens (tertiary/aromatic N) is 2. The van der Waals surface area contributed by atoms with Crippen LogP contribution in [0.15, 0.2) is 11.8 Å². The minimum absolute atomic E-state index is 0.255. The molecular weight excluding hydrogens is 250 g/mol. The fraction of sp³-hybridized carbons (Fsp3) is 0.812. The third-order valence-electron chi connectivity index (χ3n) is 4.76. The van der Waals surface area contributed by atoms with E-state index in [9.17, 15) is 4.79 Å². The zero-order valence-corrected chi connectivity index (χ0v) is 13.0. The average Bonchev–Trinajstić information content (AvgIpc) is 2.96. The largest absolute Gasteiger partial charge is 0.330 e. The molecule has 0 aromatic rings. The van der Waals surface area contributed by atoms with E-state index in [-0.39, 0.29) is 5.91 Å². The van der Waals surface area contributed by atoms with E-state index in [1.165, 1.54) is 18.5 Å². The molecule has 2 unspecified atom stereocenters. The van der Waals surface area contributed by atoms with Crippen molar-refractivity contribution in [3.63, 3.8) is 0 Å². The van der Waals surface area contributed by atoms with E-state index in [0.717, 1.165) is 38.9 Å². The lowest BCUT2D eigenvalue weighted by Gasteiger charge is -2.38. The number of piperidine rings is 1. The SMILES string of the molecule is CCN(C(=O)CN1CC(CN)CCC1C)C1=CCCC1. The molecule has 1 amide bonds. The van der Waals surface area contributed by atoms with E-state index in [1.54, 1.807) is 0 Å². The predicted molar refractivity (Wildman–Crippen MR) is 82.1 cm³/mol. The molecule has 1 aliphatic carbocycles. The number of likely N-dealkylation sites (N-methyl/N-ethyl adjacent to an activating group) is 1. The molecule has 0 spiro atoms. The first-order chi connectivity index (χ1) is 9.65. The highest BCUT2D eigenvalue weighted by Gasteiger charge is 2.28. The third kappa shape index (κ3) is 3.61. The van der Waals surface area contributed by atoms with Crippen molar-refractivity contribution in [2.24, 2.45) is 11.7 Å². The van der Waals surface area contributed by atoms with E-state index in [2.05, 4.69) is 24.8 Å². The van der Waals surface area contributed by atoms with E-state index >= 15 is 0 Å². The molecule has 4 heteroatoms. The first kappa shape index (κ1) is 15.5. The summed E-state index contributed by atoms with van der Waals surface area (Å²) in [7, 11) is 0. The van der Waals surface area contributed by atoms with Gasteiger partial charge in [-0.05, 0) is 58.4 Å². The summed E-state index contributed by atoms with van der Waals surface area (Å²) in [5, 5.41) is 0. The minimum atomic E-state index is 0.255. The number of amides is 1. The standard InChI is InChI=1S/C16H29N3O/c1-3-19(15-6-4-5-7-15)16(20)12-18-11-14(10-17)9-8-13(18)2/h6,13-14H,3-5,7-12,17H2,1-2H3. The quantitative estimate of drug-likeness (QED) is 0.837. The van der Waals surface area contributed by atoms with E-state index in [0.29, 0.717) is 18.5 Å². The maximum absolute atomic E-state index is 12.6. The van der Waals surface area contributed by atoms with Crippen LogP contribution in [0.1, 0.15) is 46.0 Å². The normalized spacial score (nSPS) is 27.4. The van der Waals surface area contributed by atoms with Gasteiger partial charge >= 0.3 is 0 Å². The van der Waals surface area contributed by atoms with Crippen LogP contribution in [0.5, 0.6) is 0 Å². The summed E-state index contributed by atoms with van der Waals surface area (Å²) in [6.07, 6.45) is 7.95. The Morgan fingerprint density at radius 1 is 1.50 bits per heavy atom. The molecule has 0 aromatic carbocycles. The Balaban J connectivity index is 1.94. The van der Waals surface area contributed by atoms with Gasteiger partial charge < -0.3 is 10.6 Å². The van der Waals surface area contributed by atoms with Crippen molar-refractivity contribution in [1.82, 2.24) is 9.80 Å². The van der Waals surface area contributed by atoms with Crippen molar-refractivity contribution < 1.29 is 4.79 Å². The van der Waals surface area contributed by atoms with Crippen LogP contribution in [0, 0.1) is 5.92 Å². The molecule has 20 heavy (non-hydrogen) atoms. The van der Waals surface area contributed by atoms with Crippen molar-refractivity contribution in [3.05, 3.63) is 11.8 Å². The van der Waals surface area contributed by atoms with Crippen LogP contribution in [0.4, 0.5) is 0 Å². The van der Waals surface area contributed by atoms with Gasteiger partial charge in [-0.25, -0.2) is 0 Å². The first-order valence-electron chi connectivity index (χ1n) is 8.09. The average molecular weight is 279 g/mol. The molecule has 4 nitrogen and oxygen atoms in total. The fourth-order valence-electron chi connectivity index (χ4n) is 3.37. The van der Waals surface area contributed by atoms with Gasteiger partial charge in [-0.15, -0.1) is 0 Å². The lowest BCUT2D eigenvalue weighted by molar-refractivity contribution is -0.131. The van der Waals surface area contributed by atoms with Crippen molar-refractivity contribution >= 4 is 5.91 Å². The van der Waals surface area contributed by atoms with Gasteiger partial charge in [-0.2, -0.15) is 0 Å². The van der Waals surface area contributed by atoms with Crippen LogP contribution in [-0.2, 0) is 4.79 Å². The van der Waals surface area contributed by atoms with Gasteiger partial charge in [0.1, 0.15) is 0 Å². The molecule has 1 saturated heterocycles. The Kier molecular flexibility index (Phi) is 5.61. The second kappa shape index (κ2) is 7.23. The highest BCUT2D eigenvalue weighted by Crippen LogP contribution is 2.24. The first-order valence-corrected chi connectivity index (χ1v) is 8.09.